The first kappa shape index (κ1) is 15.1. The van der Waals surface area contributed by atoms with E-state index < -0.39 is 0 Å². The van der Waals surface area contributed by atoms with Gasteiger partial charge in [0.15, 0.2) is 0 Å². The van der Waals surface area contributed by atoms with Crippen LogP contribution in [0.4, 0.5) is 0 Å². The molecule has 20 heavy (non-hydrogen) atoms. The summed E-state index contributed by atoms with van der Waals surface area (Å²) in [5.74, 6) is 1.67. The Hall–Kier alpha value is -1.30. The molecule has 0 saturated carbocycles. The first-order valence-corrected chi connectivity index (χ1v) is 7.07. The van der Waals surface area contributed by atoms with E-state index in [0.717, 1.165) is 43.2 Å². The van der Waals surface area contributed by atoms with Gasteiger partial charge in [0.05, 0.1) is 14.2 Å². The molecule has 1 aliphatic rings. The van der Waals surface area contributed by atoms with Gasteiger partial charge in [-0.05, 0) is 24.6 Å². The van der Waals surface area contributed by atoms with Crippen LogP contribution >= 0.6 is 0 Å². The molecule has 1 heterocycles. The molecule has 1 atom stereocenters. The Labute approximate surface area is 120 Å². The van der Waals surface area contributed by atoms with Crippen molar-refractivity contribution in [2.24, 2.45) is 0 Å². The molecule has 1 fully saturated rings. The Morgan fingerprint density at radius 1 is 1.25 bits per heavy atom. The summed E-state index contributed by atoms with van der Waals surface area (Å²) >= 11 is 0. The van der Waals surface area contributed by atoms with Gasteiger partial charge < -0.3 is 19.9 Å². The molecule has 0 radical (unpaired) electrons. The monoisotopic (exact) mass is 280 g/mol. The quantitative estimate of drug-likeness (QED) is 0.815. The summed E-state index contributed by atoms with van der Waals surface area (Å²) in [6.07, 6.45) is 0.698. The molecule has 0 aromatic heterocycles. The van der Waals surface area contributed by atoms with Crippen LogP contribution in [0.25, 0.3) is 0 Å². The number of methoxy groups -OCH3 is 2. The van der Waals surface area contributed by atoms with Crippen molar-refractivity contribution in [3.05, 3.63) is 23.8 Å². The lowest BCUT2D eigenvalue weighted by Gasteiger charge is -2.35. The van der Waals surface area contributed by atoms with Crippen molar-refractivity contribution in [1.82, 2.24) is 10.2 Å². The van der Waals surface area contributed by atoms with Crippen molar-refractivity contribution in [3.63, 3.8) is 0 Å². The minimum Gasteiger partial charge on any atom is -0.497 e. The van der Waals surface area contributed by atoms with E-state index in [9.17, 15) is 5.11 Å². The number of aliphatic hydroxyl groups excluding tert-OH is 1. The highest BCUT2D eigenvalue weighted by Gasteiger charge is 2.24. The van der Waals surface area contributed by atoms with Crippen LogP contribution in [0.3, 0.4) is 0 Å². The van der Waals surface area contributed by atoms with Gasteiger partial charge in [0, 0.05) is 44.4 Å². The fourth-order valence-electron chi connectivity index (χ4n) is 2.75. The van der Waals surface area contributed by atoms with Crippen LogP contribution in [0.1, 0.15) is 18.0 Å². The average molecular weight is 280 g/mol. The van der Waals surface area contributed by atoms with Crippen molar-refractivity contribution < 1.29 is 14.6 Å². The van der Waals surface area contributed by atoms with Gasteiger partial charge in [0.1, 0.15) is 11.5 Å². The third-order valence-corrected chi connectivity index (χ3v) is 3.79. The standard InChI is InChI=1S/C15H24N2O3/c1-19-12-3-4-15(20-2)13(11-12)14(5-10-18)17-8-6-16-7-9-17/h3-4,11,14,16,18H,5-10H2,1-2H3/t14-/m0/s1. The van der Waals surface area contributed by atoms with Gasteiger partial charge in [-0.2, -0.15) is 0 Å². The van der Waals surface area contributed by atoms with E-state index in [1.165, 1.54) is 0 Å². The molecule has 1 aromatic rings. The van der Waals surface area contributed by atoms with Crippen LogP contribution in [0, 0.1) is 0 Å². The van der Waals surface area contributed by atoms with E-state index in [1.807, 2.05) is 18.2 Å². The molecule has 0 aliphatic carbocycles. The van der Waals surface area contributed by atoms with Gasteiger partial charge >= 0.3 is 0 Å². The zero-order valence-corrected chi connectivity index (χ0v) is 12.3. The van der Waals surface area contributed by atoms with Crippen molar-refractivity contribution in [2.45, 2.75) is 12.5 Å². The van der Waals surface area contributed by atoms with Gasteiger partial charge in [0.25, 0.3) is 0 Å². The van der Waals surface area contributed by atoms with Gasteiger partial charge in [-0.3, -0.25) is 4.90 Å². The summed E-state index contributed by atoms with van der Waals surface area (Å²) in [5, 5.41) is 12.8. The van der Waals surface area contributed by atoms with Gasteiger partial charge in [-0.15, -0.1) is 0 Å². The molecule has 0 unspecified atom stereocenters. The van der Waals surface area contributed by atoms with E-state index in [1.54, 1.807) is 14.2 Å². The van der Waals surface area contributed by atoms with Crippen LogP contribution in [-0.2, 0) is 0 Å². The summed E-state index contributed by atoms with van der Waals surface area (Å²) in [6, 6.07) is 6.00. The Morgan fingerprint density at radius 3 is 2.60 bits per heavy atom. The van der Waals surface area contributed by atoms with Crippen molar-refractivity contribution >= 4 is 0 Å². The lowest BCUT2D eigenvalue weighted by molar-refractivity contribution is 0.138. The third-order valence-electron chi connectivity index (χ3n) is 3.79. The third kappa shape index (κ3) is 3.42. The van der Waals surface area contributed by atoms with Crippen molar-refractivity contribution in [3.8, 4) is 11.5 Å². The SMILES string of the molecule is COc1ccc(OC)c([C@H](CCO)N2CCNCC2)c1. The van der Waals surface area contributed by atoms with E-state index in [-0.39, 0.29) is 12.6 Å². The maximum Gasteiger partial charge on any atom is 0.123 e. The molecule has 1 aliphatic heterocycles. The molecule has 2 N–H and O–H groups in total. The fraction of sp³-hybridized carbons (Fsp3) is 0.600. The second kappa shape index (κ2) is 7.47. The first-order valence-electron chi connectivity index (χ1n) is 7.07. The summed E-state index contributed by atoms with van der Waals surface area (Å²) < 4.78 is 10.8. The lowest BCUT2D eigenvalue weighted by Crippen LogP contribution is -2.45. The Bertz CT molecular complexity index is 420. The van der Waals surface area contributed by atoms with Crippen molar-refractivity contribution in [1.29, 1.82) is 0 Å². The predicted molar refractivity (Wildman–Crippen MR) is 78.4 cm³/mol. The number of aliphatic hydroxyl groups is 1. The molecule has 0 bridgehead atoms. The van der Waals surface area contributed by atoms with E-state index in [4.69, 9.17) is 9.47 Å². The fourth-order valence-corrected chi connectivity index (χ4v) is 2.75. The van der Waals surface area contributed by atoms with Gasteiger partial charge in [0.2, 0.25) is 0 Å². The number of ether oxygens (including phenoxy) is 2. The second-order valence-electron chi connectivity index (χ2n) is 4.92. The van der Waals surface area contributed by atoms with Crippen LogP contribution in [0.5, 0.6) is 11.5 Å². The highest BCUT2D eigenvalue weighted by atomic mass is 16.5. The molecular weight excluding hydrogens is 256 g/mol. The number of hydrogen-bond acceptors (Lipinski definition) is 5. The van der Waals surface area contributed by atoms with E-state index in [0.29, 0.717) is 6.42 Å². The minimum absolute atomic E-state index is 0.159. The normalized spacial score (nSPS) is 17.8. The predicted octanol–water partition coefficient (Wildman–Crippen LogP) is 1.03. The highest BCUT2D eigenvalue weighted by Crippen LogP contribution is 2.34. The van der Waals surface area contributed by atoms with Crippen molar-refractivity contribution in [2.75, 3.05) is 47.0 Å². The number of rotatable bonds is 6. The zero-order valence-electron chi connectivity index (χ0n) is 12.3. The molecule has 0 spiro atoms. The highest BCUT2D eigenvalue weighted by molar-refractivity contribution is 5.42. The second-order valence-corrected chi connectivity index (χ2v) is 4.92. The summed E-state index contributed by atoms with van der Waals surface area (Å²) in [5.41, 5.74) is 1.09. The number of nitrogens with one attached hydrogen (secondary N) is 1. The molecule has 1 saturated heterocycles. The van der Waals surface area contributed by atoms with Crippen LogP contribution < -0.4 is 14.8 Å². The summed E-state index contributed by atoms with van der Waals surface area (Å²) in [7, 11) is 3.34. The average Bonchev–Trinajstić information content (AvgIpc) is 2.53. The number of benzene rings is 1. The molecule has 2 rings (SSSR count). The Balaban J connectivity index is 2.30. The van der Waals surface area contributed by atoms with Gasteiger partial charge in [-0.1, -0.05) is 0 Å². The minimum atomic E-state index is 0.159. The smallest absolute Gasteiger partial charge is 0.123 e. The van der Waals surface area contributed by atoms with E-state index >= 15 is 0 Å². The summed E-state index contributed by atoms with van der Waals surface area (Å²) in [4.78, 5) is 2.39. The number of piperazine rings is 1. The molecule has 112 valence electrons. The van der Waals surface area contributed by atoms with Crippen LogP contribution in [0.15, 0.2) is 18.2 Å². The van der Waals surface area contributed by atoms with Crippen LogP contribution in [-0.4, -0.2) is 57.0 Å². The Morgan fingerprint density at radius 2 is 2.00 bits per heavy atom. The molecule has 5 heteroatoms. The maximum absolute atomic E-state index is 9.40. The lowest BCUT2D eigenvalue weighted by atomic mass is 10.00. The van der Waals surface area contributed by atoms with Gasteiger partial charge in [-0.25, -0.2) is 0 Å². The first-order chi connectivity index (χ1) is 9.80. The zero-order chi connectivity index (χ0) is 14.4. The molecule has 1 aromatic carbocycles. The summed E-state index contributed by atoms with van der Waals surface area (Å²) in [6.45, 7) is 4.08. The molecule has 0 amide bonds. The van der Waals surface area contributed by atoms with E-state index in [2.05, 4.69) is 10.2 Å². The maximum atomic E-state index is 9.40. The van der Waals surface area contributed by atoms with Crippen LogP contribution in [0.2, 0.25) is 0 Å². The number of hydrogen-bond donors (Lipinski definition) is 2. The Kier molecular flexibility index (Phi) is 5.64. The number of nitrogens with zero attached hydrogens (tertiary/aromatic N) is 1. The molecule has 5 nitrogen and oxygen atoms in total. The topological polar surface area (TPSA) is 54.0 Å². The molecular formula is C15H24N2O3. The largest absolute Gasteiger partial charge is 0.497 e.